The fourth-order valence-electron chi connectivity index (χ4n) is 3.58. The Kier molecular flexibility index (Phi) is 9.15. The Morgan fingerprint density at radius 3 is 2.70 bits per heavy atom. The molecule has 2 saturated heterocycles. The van der Waals surface area contributed by atoms with E-state index in [9.17, 15) is 0 Å². The zero-order valence-corrected chi connectivity index (χ0v) is 17.6. The maximum atomic E-state index is 5.63. The van der Waals surface area contributed by atoms with Gasteiger partial charge in [0, 0.05) is 44.2 Å². The van der Waals surface area contributed by atoms with E-state index in [2.05, 4.69) is 42.8 Å². The molecule has 6 heteroatoms. The van der Waals surface area contributed by atoms with Gasteiger partial charge in [0.25, 0.3) is 0 Å². The van der Waals surface area contributed by atoms with Crippen LogP contribution in [0.3, 0.4) is 0 Å². The lowest BCUT2D eigenvalue weighted by Crippen LogP contribution is -2.42. The van der Waals surface area contributed by atoms with E-state index in [4.69, 9.17) is 9.73 Å². The second-order valence-electron chi connectivity index (χ2n) is 6.93. The monoisotopic (exact) mass is 438 g/mol. The molecule has 1 atom stereocenters. The quantitative estimate of drug-likeness (QED) is 0.393. The van der Waals surface area contributed by atoms with Crippen LogP contribution in [0.1, 0.15) is 40.5 Å². The molecule has 0 aromatic heterocycles. The molecule has 0 aromatic rings. The third kappa shape index (κ3) is 5.74. The second-order valence-corrected chi connectivity index (χ2v) is 6.93. The maximum Gasteiger partial charge on any atom is 0.193 e. The van der Waals surface area contributed by atoms with Crippen molar-refractivity contribution in [3.8, 4) is 0 Å². The summed E-state index contributed by atoms with van der Waals surface area (Å²) in [6, 6.07) is 0.591. The van der Waals surface area contributed by atoms with Crippen LogP contribution in [0.15, 0.2) is 4.99 Å². The number of likely N-dealkylation sites (N-methyl/N-ethyl adjacent to an activating group) is 1. The van der Waals surface area contributed by atoms with Crippen molar-refractivity contribution >= 4 is 29.9 Å². The number of nitrogens with zero attached hydrogens (tertiary/aromatic N) is 3. The lowest BCUT2D eigenvalue weighted by Gasteiger charge is -2.26. The predicted molar refractivity (Wildman–Crippen MR) is 108 cm³/mol. The summed E-state index contributed by atoms with van der Waals surface area (Å²) >= 11 is 0. The van der Waals surface area contributed by atoms with Gasteiger partial charge in [0.15, 0.2) is 5.96 Å². The van der Waals surface area contributed by atoms with Gasteiger partial charge in [-0.15, -0.1) is 24.0 Å². The van der Waals surface area contributed by atoms with Gasteiger partial charge in [-0.3, -0.25) is 9.89 Å². The van der Waals surface area contributed by atoms with E-state index in [1.54, 1.807) is 0 Å². The molecule has 1 N–H and O–H groups in total. The van der Waals surface area contributed by atoms with E-state index in [-0.39, 0.29) is 24.0 Å². The van der Waals surface area contributed by atoms with Crippen LogP contribution in [0.2, 0.25) is 0 Å². The molecular formula is C17H35IN4O. The van der Waals surface area contributed by atoms with Crippen LogP contribution < -0.4 is 5.32 Å². The summed E-state index contributed by atoms with van der Waals surface area (Å²) in [6.45, 7) is 16.9. The van der Waals surface area contributed by atoms with E-state index in [0.29, 0.717) is 11.5 Å². The highest BCUT2D eigenvalue weighted by atomic mass is 127. The summed E-state index contributed by atoms with van der Waals surface area (Å²) in [5.74, 6) is 1.09. The molecule has 2 aliphatic heterocycles. The molecule has 0 radical (unpaired) electrons. The first-order valence-corrected chi connectivity index (χ1v) is 8.95. The Morgan fingerprint density at radius 1 is 1.35 bits per heavy atom. The van der Waals surface area contributed by atoms with Crippen LogP contribution in [0, 0.1) is 5.41 Å². The van der Waals surface area contributed by atoms with Crippen molar-refractivity contribution in [2.45, 2.75) is 46.6 Å². The second kappa shape index (κ2) is 10.0. The molecule has 1 unspecified atom stereocenters. The molecule has 0 aliphatic carbocycles. The minimum absolute atomic E-state index is 0. The molecule has 136 valence electrons. The maximum absolute atomic E-state index is 5.63. The van der Waals surface area contributed by atoms with Crippen LogP contribution in [0.5, 0.6) is 0 Å². The first-order valence-electron chi connectivity index (χ1n) is 8.95. The summed E-state index contributed by atoms with van der Waals surface area (Å²) in [7, 11) is 0. The third-order valence-electron chi connectivity index (χ3n) is 5.04. The molecule has 2 fully saturated rings. The number of nitrogens with one attached hydrogen (secondary N) is 1. The van der Waals surface area contributed by atoms with Crippen LogP contribution in [-0.4, -0.2) is 74.3 Å². The number of ether oxygens (including phenoxy) is 1. The van der Waals surface area contributed by atoms with Gasteiger partial charge in [-0.1, -0.05) is 6.92 Å². The largest absolute Gasteiger partial charge is 0.381 e. The summed E-state index contributed by atoms with van der Waals surface area (Å²) in [5.41, 5.74) is 0.392. The van der Waals surface area contributed by atoms with Gasteiger partial charge in [0.2, 0.25) is 0 Å². The first-order chi connectivity index (χ1) is 10.6. The topological polar surface area (TPSA) is 40.1 Å². The minimum atomic E-state index is 0. The standard InChI is InChI=1S/C17H34N4O.HI/c1-5-18-16(19-9-11-20(6-2)15(3)4)21-10-7-17(13-21)8-12-22-14-17;/h15H,5-14H2,1-4H3,(H,18,19);1H. The predicted octanol–water partition coefficient (Wildman–Crippen LogP) is 2.41. The van der Waals surface area contributed by atoms with Crippen molar-refractivity contribution in [2.75, 3.05) is 52.5 Å². The molecule has 2 aliphatic rings. The highest BCUT2D eigenvalue weighted by Crippen LogP contribution is 2.38. The Labute approximate surface area is 159 Å². The Balaban J connectivity index is 0.00000264. The van der Waals surface area contributed by atoms with Crippen LogP contribution in [0.25, 0.3) is 0 Å². The van der Waals surface area contributed by atoms with Crippen molar-refractivity contribution in [2.24, 2.45) is 10.4 Å². The molecule has 0 amide bonds. The van der Waals surface area contributed by atoms with Gasteiger partial charge < -0.3 is 15.0 Å². The van der Waals surface area contributed by atoms with E-state index >= 15 is 0 Å². The van der Waals surface area contributed by atoms with Crippen molar-refractivity contribution in [3.63, 3.8) is 0 Å². The zero-order chi connectivity index (χ0) is 16.0. The molecular weight excluding hydrogens is 403 g/mol. The average Bonchev–Trinajstić information content (AvgIpc) is 3.13. The van der Waals surface area contributed by atoms with Gasteiger partial charge in [-0.05, 0) is 40.2 Å². The van der Waals surface area contributed by atoms with Crippen molar-refractivity contribution in [3.05, 3.63) is 0 Å². The molecule has 23 heavy (non-hydrogen) atoms. The Bertz CT molecular complexity index is 370. The lowest BCUT2D eigenvalue weighted by molar-refractivity contribution is 0.156. The number of likely N-dealkylation sites (tertiary alicyclic amines) is 1. The van der Waals surface area contributed by atoms with Gasteiger partial charge in [0.1, 0.15) is 0 Å². The number of hydrogen-bond donors (Lipinski definition) is 1. The molecule has 2 rings (SSSR count). The van der Waals surface area contributed by atoms with Gasteiger partial charge in [0.05, 0.1) is 13.2 Å². The number of rotatable bonds is 6. The molecule has 2 heterocycles. The van der Waals surface area contributed by atoms with E-state index in [1.165, 1.54) is 12.8 Å². The normalized spacial score (nSPS) is 24.8. The lowest BCUT2D eigenvalue weighted by atomic mass is 9.87. The Hall–Kier alpha value is -0.0800. The van der Waals surface area contributed by atoms with Gasteiger partial charge >= 0.3 is 0 Å². The Morgan fingerprint density at radius 2 is 2.13 bits per heavy atom. The number of guanidine groups is 1. The summed E-state index contributed by atoms with van der Waals surface area (Å²) in [4.78, 5) is 9.77. The molecule has 0 saturated carbocycles. The highest BCUT2D eigenvalue weighted by Gasteiger charge is 2.42. The van der Waals surface area contributed by atoms with Gasteiger partial charge in [-0.25, -0.2) is 0 Å². The minimum Gasteiger partial charge on any atom is -0.381 e. The van der Waals surface area contributed by atoms with E-state index < -0.39 is 0 Å². The fourth-order valence-corrected chi connectivity index (χ4v) is 3.58. The van der Waals surface area contributed by atoms with Crippen LogP contribution in [-0.2, 0) is 4.74 Å². The van der Waals surface area contributed by atoms with Gasteiger partial charge in [-0.2, -0.15) is 0 Å². The van der Waals surface area contributed by atoms with E-state index in [1.807, 2.05) is 0 Å². The summed E-state index contributed by atoms with van der Waals surface area (Å²) < 4.78 is 5.63. The van der Waals surface area contributed by atoms with Crippen LogP contribution >= 0.6 is 24.0 Å². The van der Waals surface area contributed by atoms with Crippen molar-refractivity contribution in [1.82, 2.24) is 15.1 Å². The van der Waals surface area contributed by atoms with Crippen LogP contribution in [0.4, 0.5) is 0 Å². The number of aliphatic imine (C=N–C) groups is 1. The van der Waals surface area contributed by atoms with Crippen molar-refractivity contribution in [1.29, 1.82) is 0 Å². The summed E-state index contributed by atoms with van der Waals surface area (Å²) in [6.07, 6.45) is 2.45. The average molecular weight is 438 g/mol. The first kappa shape index (κ1) is 21.0. The SMILES string of the molecule is CCNC(=NCCN(CC)C(C)C)N1CCC2(CCOC2)C1.I. The zero-order valence-electron chi connectivity index (χ0n) is 15.3. The molecule has 0 bridgehead atoms. The van der Waals surface area contributed by atoms with E-state index in [0.717, 1.165) is 58.4 Å². The van der Waals surface area contributed by atoms with Crippen molar-refractivity contribution < 1.29 is 4.74 Å². The third-order valence-corrected chi connectivity index (χ3v) is 5.04. The smallest absolute Gasteiger partial charge is 0.193 e. The number of halogens is 1. The fraction of sp³-hybridized carbons (Fsp3) is 0.941. The molecule has 5 nitrogen and oxygen atoms in total. The highest BCUT2D eigenvalue weighted by molar-refractivity contribution is 14.0. The number of hydrogen-bond acceptors (Lipinski definition) is 3. The molecule has 1 spiro atoms. The molecule has 0 aromatic carbocycles. The summed E-state index contributed by atoms with van der Waals surface area (Å²) in [5, 5.41) is 3.47.